The third-order valence-corrected chi connectivity index (χ3v) is 7.24. The van der Waals surface area contributed by atoms with E-state index in [9.17, 15) is 9.59 Å². The van der Waals surface area contributed by atoms with Crippen LogP contribution in [0.1, 0.15) is 53.1 Å². The van der Waals surface area contributed by atoms with Gasteiger partial charge in [0.1, 0.15) is 11.1 Å². The highest BCUT2D eigenvalue weighted by Gasteiger charge is 2.44. The van der Waals surface area contributed by atoms with E-state index in [4.69, 9.17) is 33.7 Å². The van der Waals surface area contributed by atoms with Crippen molar-refractivity contribution in [2.75, 3.05) is 17.7 Å². The Bertz CT molecular complexity index is 1630. The average molecular weight is 553 g/mol. The van der Waals surface area contributed by atoms with Crippen LogP contribution < -0.4 is 20.9 Å². The molecule has 11 heteroatoms. The number of hydrogen-bond donors (Lipinski definition) is 1. The predicted octanol–water partition coefficient (Wildman–Crippen LogP) is 5.18. The Balaban J connectivity index is 1.83. The molecule has 0 spiro atoms. The zero-order valence-corrected chi connectivity index (χ0v) is 23.0. The van der Waals surface area contributed by atoms with Gasteiger partial charge in [0.2, 0.25) is 11.8 Å². The zero-order valence-electron chi connectivity index (χ0n) is 21.5. The lowest BCUT2D eigenvalue weighted by Crippen LogP contribution is -2.32. The van der Waals surface area contributed by atoms with Crippen molar-refractivity contribution in [3.63, 3.8) is 0 Å². The van der Waals surface area contributed by atoms with Gasteiger partial charge in [0.15, 0.2) is 0 Å². The summed E-state index contributed by atoms with van der Waals surface area (Å²) >= 11 is 12.6. The van der Waals surface area contributed by atoms with Crippen molar-refractivity contribution in [3.05, 3.63) is 85.5 Å². The number of nitrogen functional groups attached to an aromatic ring is 1. The van der Waals surface area contributed by atoms with E-state index in [0.29, 0.717) is 27.7 Å². The lowest BCUT2D eigenvalue weighted by molar-refractivity contribution is 0.0993. The van der Waals surface area contributed by atoms with Crippen molar-refractivity contribution in [2.45, 2.75) is 32.9 Å². The van der Waals surface area contributed by atoms with Gasteiger partial charge in [0.05, 0.1) is 35.3 Å². The number of anilines is 2. The standard InChI is InChI=1S/C27H26Cl2N6O3/c1-13(2)34-21(19-11-31-27(30)32-24(19)38-5)10-18-23(34)22(17-7-6-15(28)8-14(17)3)35(25(18)36)16-9-20(29)26(37)33(4)12-16/h6-13,22H,1-5H3,(H2,30,31,32). The molecule has 4 heterocycles. The van der Waals surface area contributed by atoms with Gasteiger partial charge < -0.3 is 19.6 Å². The van der Waals surface area contributed by atoms with Crippen molar-refractivity contribution in [2.24, 2.45) is 7.05 Å². The Kier molecular flexibility index (Phi) is 6.44. The average Bonchev–Trinajstić information content (AvgIpc) is 3.37. The number of nitrogens with two attached hydrogens (primary N) is 1. The summed E-state index contributed by atoms with van der Waals surface area (Å²) in [5, 5.41) is 0.619. The van der Waals surface area contributed by atoms with Crippen LogP contribution in [-0.2, 0) is 7.05 Å². The number of amides is 1. The van der Waals surface area contributed by atoms with Crippen LogP contribution in [0.25, 0.3) is 11.3 Å². The first-order chi connectivity index (χ1) is 18.0. The Morgan fingerprint density at radius 3 is 2.47 bits per heavy atom. The largest absolute Gasteiger partial charge is 0.480 e. The third kappa shape index (κ3) is 4.02. The first kappa shape index (κ1) is 25.8. The Labute approximate surface area is 229 Å². The summed E-state index contributed by atoms with van der Waals surface area (Å²) in [6, 6.07) is 8.37. The SMILES string of the molecule is COc1nc(N)ncc1-c1cc2c(n1C(C)C)C(c1ccc(Cl)cc1C)N(c1cc(Cl)c(=O)n(C)c1)C2=O. The molecule has 0 radical (unpaired) electrons. The number of nitrogens with zero attached hydrogens (tertiary/aromatic N) is 5. The van der Waals surface area contributed by atoms with Crippen molar-refractivity contribution in [1.82, 2.24) is 19.1 Å². The highest BCUT2D eigenvalue weighted by atomic mass is 35.5. The molecule has 2 N–H and O–H groups in total. The quantitative estimate of drug-likeness (QED) is 0.365. The summed E-state index contributed by atoms with van der Waals surface area (Å²) in [5.74, 6) is 0.165. The second kappa shape index (κ2) is 9.49. The summed E-state index contributed by atoms with van der Waals surface area (Å²) in [5.41, 5.74) is 10.4. The van der Waals surface area contributed by atoms with E-state index in [1.165, 1.54) is 17.7 Å². The molecule has 1 amide bonds. The summed E-state index contributed by atoms with van der Waals surface area (Å²) in [4.78, 5) is 36.6. The van der Waals surface area contributed by atoms with Crippen LogP contribution in [0.15, 0.2) is 47.5 Å². The number of aromatic nitrogens is 4. The summed E-state index contributed by atoms with van der Waals surface area (Å²) in [7, 11) is 3.12. The lowest BCUT2D eigenvalue weighted by Gasteiger charge is -2.30. The van der Waals surface area contributed by atoms with Gasteiger partial charge in [-0.15, -0.1) is 0 Å². The third-order valence-electron chi connectivity index (χ3n) is 6.73. The van der Waals surface area contributed by atoms with Gasteiger partial charge in [-0.2, -0.15) is 4.98 Å². The molecule has 38 heavy (non-hydrogen) atoms. The monoisotopic (exact) mass is 552 g/mol. The van der Waals surface area contributed by atoms with E-state index in [1.807, 2.05) is 39.0 Å². The number of hydrogen-bond acceptors (Lipinski definition) is 6. The Morgan fingerprint density at radius 2 is 1.84 bits per heavy atom. The number of ether oxygens (including phenoxy) is 1. The number of methoxy groups -OCH3 is 1. The first-order valence-corrected chi connectivity index (χ1v) is 12.7. The second-order valence-corrected chi connectivity index (χ2v) is 10.3. The van der Waals surface area contributed by atoms with Crippen molar-refractivity contribution < 1.29 is 9.53 Å². The van der Waals surface area contributed by atoms with Crippen LogP contribution in [0, 0.1) is 6.92 Å². The topological polar surface area (TPSA) is 108 Å². The molecule has 1 aromatic carbocycles. The molecule has 0 saturated carbocycles. The molecule has 5 rings (SSSR count). The van der Waals surface area contributed by atoms with E-state index >= 15 is 0 Å². The number of carbonyl (C=O) groups is 1. The van der Waals surface area contributed by atoms with Gasteiger partial charge in [0, 0.05) is 30.5 Å². The predicted molar refractivity (Wildman–Crippen MR) is 148 cm³/mol. The molecular weight excluding hydrogens is 527 g/mol. The van der Waals surface area contributed by atoms with Crippen LogP contribution in [0.3, 0.4) is 0 Å². The minimum absolute atomic E-state index is 0.0251. The van der Waals surface area contributed by atoms with Crippen LogP contribution in [0.4, 0.5) is 11.6 Å². The smallest absolute Gasteiger partial charge is 0.269 e. The summed E-state index contributed by atoms with van der Waals surface area (Å²) in [6.07, 6.45) is 3.22. The maximum atomic E-state index is 14.2. The van der Waals surface area contributed by atoms with Crippen LogP contribution in [-0.4, -0.2) is 32.1 Å². The molecule has 1 aliphatic rings. The number of carbonyl (C=O) groups excluding carboxylic acids is 1. The maximum Gasteiger partial charge on any atom is 0.269 e. The minimum atomic E-state index is -0.528. The van der Waals surface area contributed by atoms with Crippen molar-refractivity contribution in [3.8, 4) is 17.1 Å². The van der Waals surface area contributed by atoms with Gasteiger partial charge in [-0.1, -0.05) is 29.3 Å². The fraction of sp³-hybridized carbons (Fsp3) is 0.259. The molecule has 0 saturated heterocycles. The van der Waals surface area contributed by atoms with Gasteiger partial charge in [-0.05, 0) is 56.2 Å². The number of fused-ring (bicyclic) bond motifs is 1. The fourth-order valence-electron chi connectivity index (χ4n) is 5.12. The highest BCUT2D eigenvalue weighted by molar-refractivity contribution is 6.31. The van der Waals surface area contributed by atoms with Crippen LogP contribution in [0.5, 0.6) is 5.88 Å². The molecular formula is C27H26Cl2N6O3. The van der Waals surface area contributed by atoms with E-state index < -0.39 is 6.04 Å². The molecule has 4 aromatic rings. The molecule has 9 nitrogen and oxygen atoms in total. The Hall–Kier alpha value is -3.82. The van der Waals surface area contributed by atoms with Gasteiger partial charge in [-0.25, -0.2) is 4.98 Å². The van der Waals surface area contributed by atoms with Gasteiger partial charge in [0.25, 0.3) is 11.5 Å². The number of pyridine rings is 1. The maximum absolute atomic E-state index is 14.2. The van der Waals surface area contributed by atoms with Gasteiger partial charge in [-0.3, -0.25) is 14.5 Å². The van der Waals surface area contributed by atoms with Gasteiger partial charge >= 0.3 is 0 Å². The summed E-state index contributed by atoms with van der Waals surface area (Å²) in [6.45, 7) is 6.03. The molecule has 0 bridgehead atoms. The normalized spacial score (nSPS) is 14.9. The lowest BCUT2D eigenvalue weighted by atomic mass is 9.98. The molecule has 3 aromatic heterocycles. The molecule has 196 valence electrons. The van der Waals surface area contributed by atoms with Crippen LogP contribution in [0.2, 0.25) is 10.0 Å². The van der Waals surface area contributed by atoms with Crippen molar-refractivity contribution >= 4 is 40.7 Å². The molecule has 1 atom stereocenters. The number of halogens is 2. The summed E-state index contributed by atoms with van der Waals surface area (Å²) < 4.78 is 8.98. The van der Waals surface area contributed by atoms with E-state index in [-0.39, 0.29) is 28.5 Å². The number of rotatable bonds is 5. The van der Waals surface area contributed by atoms with E-state index in [2.05, 4.69) is 14.5 Å². The molecule has 0 fully saturated rings. The molecule has 1 aliphatic heterocycles. The number of benzene rings is 1. The molecule has 1 unspecified atom stereocenters. The number of aryl methyl sites for hydroxylation is 2. The Morgan fingerprint density at radius 1 is 1.11 bits per heavy atom. The zero-order chi connectivity index (χ0) is 27.5. The highest BCUT2D eigenvalue weighted by Crippen LogP contribution is 2.47. The minimum Gasteiger partial charge on any atom is -0.480 e. The van der Waals surface area contributed by atoms with Crippen LogP contribution >= 0.6 is 23.2 Å². The van der Waals surface area contributed by atoms with E-state index in [0.717, 1.165) is 22.5 Å². The van der Waals surface area contributed by atoms with Crippen molar-refractivity contribution in [1.29, 1.82) is 0 Å². The fourth-order valence-corrected chi connectivity index (χ4v) is 5.59. The second-order valence-electron chi connectivity index (χ2n) is 9.48. The first-order valence-electron chi connectivity index (χ1n) is 11.9. The molecule has 0 aliphatic carbocycles. The van der Waals surface area contributed by atoms with E-state index in [1.54, 1.807) is 30.4 Å².